The van der Waals surface area contributed by atoms with Crippen LogP contribution in [0.25, 0.3) is 0 Å². The number of rotatable bonds is 9. The Morgan fingerprint density at radius 3 is 2.07 bits per heavy atom. The lowest BCUT2D eigenvalue weighted by Crippen LogP contribution is -2.29. The molecule has 0 rings (SSSR count). The molecule has 0 spiro atoms. The number of hydrogen-bond donors (Lipinski definition) is 3. The Balaban J connectivity index is 3.18. The van der Waals surface area contributed by atoms with E-state index < -0.39 is 18.0 Å². The van der Waals surface area contributed by atoms with Crippen LogP contribution < -0.4 is 5.73 Å². The Morgan fingerprint density at radius 1 is 1.00 bits per heavy atom. The molecule has 0 heterocycles. The molecular weight excluding hydrogens is 198 g/mol. The lowest BCUT2D eigenvalue weighted by Gasteiger charge is -2.05. The number of carboxylic acid groups (broad SMARTS) is 2. The number of nitrogens with two attached hydrogens (primary N) is 1. The Kier molecular flexibility index (Phi) is 7.62. The maximum absolute atomic E-state index is 10.4. The molecule has 0 radical (unpaired) electrons. The fraction of sp³-hybridized carbons (Fsp3) is 0.800. The topological polar surface area (TPSA) is 101 Å². The van der Waals surface area contributed by atoms with E-state index in [9.17, 15) is 9.59 Å². The highest BCUT2D eigenvalue weighted by atomic mass is 16.4. The molecule has 0 saturated carbocycles. The summed E-state index contributed by atoms with van der Waals surface area (Å²) in [5.74, 6) is -1.72. The molecule has 0 aromatic heterocycles. The van der Waals surface area contributed by atoms with Crippen LogP contribution in [0.15, 0.2) is 0 Å². The van der Waals surface area contributed by atoms with Gasteiger partial charge in [-0.1, -0.05) is 25.7 Å². The maximum Gasteiger partial charge on any atom is 0.320 e. The molecule has 0 unspecified atom stereocenters. The Hall–Kier alpha value is -1.10. The van der Waals surface area contributed by atoms with E-state index in [0.717, 1.165) is 25.7 Å². The summed E-state index contributed by atoms with van der Waals surface area (Å²) < 4.78 is 0. The van der Waals surface area contributed by atoms with Gasteiger partial charge >= 0.3 is 11.9 Å². The predicted molar refractivity (Wildman–Crippen MR) is 55.6 cm³/mol. The molecule has 0 fully saturated rings. The fourth-order valence-electron chi connectivity index (χ4n) is 1.29. The third-order valence-corrected chi connectivity index (χ3v) is 2.22. The first-order valence-corrected chi connectivity index (χ1v) is 5.24. The zero-order chi connectivity index (χ0) is 11.7. The average molecular weight is 217 g/mol. The van der Waals surface area contributed by atoms with Crippen molar-refractivity contribution in [2.45, 2.75) is 51.0 Å². The summed E-state index contributed by atoms with van der Waals surface area (Å²) in [7, 11) is 0. The van der Waals surface area contributed by atoms with E-state index in [-0.39, 0.29) is 6.42 Å². The monoisotopic (exact) mass is 217 g/mol. The Morgan fingerprint density at radius 2 is 1.53 bits per heavy atom. The second kappa shape index (κ2) is 8.23. The maximum atomic E-state index is 10.4. The highest BCUT2D eigenvalue weighted by Crippen LogP contribution is 2.08. The van der Waals surface area contributed by atoms with Crippen LogP contribution in [0.3, 0.4) is 0 Å². The molecule has 88 valence electrons. The third-order valence-electron chi connectivity index (χ3n) is 2.22. The first-order chi connectivity index (χ1) is 7.04. The summed E-state index contributed by atoms with van der Waals surface area (Å²) in [5, 5.41) is 16.9. The molecule has 0 aromatic rings. The molecule has 0 amide bonds. The van der Waals surface area contributed by atoms with Gasteiger partial charge in [0, 0.05) is 6.42 Å². The van der Waals surface area contributed by atoms with Crippen molar-refractivity contribution < 1.29 is 19.8 Å². The van der Waals surface area contributed by atoms with E-state index >= 15 is 0 Å². The molecule has 0 aromatic carbocycles. The van der Waals surface area contributed by atoms with Crippen molar-refractivity contribution in [1.29, 1.82) is 0 Å². The SMILES string of the molecule is N[C@@H](CCCCCCCC(=O)O)C(=O)O. The summed E-state index contributed by atoms with van der Waals surface area (Å²) in [4.78, 5) is 20.5. The van der Waals surface area contributed by atoms with Crippen molar-refractivity contribution in [3.8, 4) is 0 Å². The molecule has 1 atom stereocenters. The third kappa shape index (κ3) is 9.21. The van der Waals surface area contributed by atoms with Crippen LogP contribution in [0.2, 0.25) is 0 Å². The van der Waals surface area contributed by atoms with Crippen LogP contribution in [-0.2, 0) is 9.59 Å². The summed E-state index contributed by atoms with van der Waals surface area (Å²) in [6.45, 7) is 0. The molecule has 4 N–H and O–H groups in total. The number of aliphatic carboxylic acids is 2. The van der Waals surface area contributed by atoms with Gasteiger partial charge in [-0.15, -0.1) is 0 Å². The molecule has 0 aliphatic heterocycles. The highest BCUT2D eigenvalue weighted by Gasteiger charge is 2.09. The van der Waals surface area contributed by atoms with E-state index in [0.29, 0.717) is 12.8 Å². The minimum Gasteiger partial charge on any atom is -0.481 e. The predicted octanol–water partition coefficient (Wildman–Crippen LogP) is 1.21. The number of hydrogen-bond acceptors (Lipinski definition) is 3. The molecule has 15 heavy (non-hydrogen) atoms. The summed E-state index contributed by atoms with van der Waals surface area (Å²) in [6.07, 6.45) is 4.94. The molecule has 0 saturated heterocycles. The molecule has 5 heteroatoms. The second-order valence-corrected chi connectivity index (χ2v) is 3.64. The van der Waals surface area contributed by atoms with E-state index in [1.54, 1.807) is 0 Å². The van der Waals surface area contributed by atoms with Gasteiger partial charge in [0.1, 0.15) is 6.04 Å². The van der Waals surface area contributed by atoms with Crippen LogP contribution in [0.1, 0.15) is 44.9 Å². The van der Waals surface area contributed by atoms with Crippen molar-refractivity contribution in [1.82, 2.24) is 0 Å². The molecule has 0 aliphatic carbocycles. The van der Waals surface area contributed by atoms with Gasteiger partial charge in [0.25, 0.3) is 0 Å². The molecule has 0 aliphatic rings. The zero-order valence-electron chi connectivity index (χ0n) is 8.82. The first-order valence-electron chi connectivity index (χ1n) is 5.24. The van der Waals surface area contributed by atoms with Crippen LogP contribution >= 0.6 is 0 Å². The quantitative estimate of drug-likeness (QED) is 0.504. The largest absolute Gasteiger partial charge is 0.481 e. The smallest absolute Gasteiger partial charge is 0.320 e. The van der Waals surface area contributed by atoms with Crippen molar-refractivity contribution in [3.63, 3.8) is 0 Å². The van der Waals surface area contributed by atoms with Gasteiger partial charge in [0.2, 0.25) is 0 Å². The lowest BCUT2D eigenvalue weighted by atomic mass is 10.1. The van der Waals surface area contributed by atoms with Gasteiger partial charge in [-0.25, -0.2) is 0 Å². The van der Waals surface area contributed by atoms with Gasteiger partial charge in [-0.2, -0.15) is 0 Å². The number of carbonyl (C=O) groups is 2. The Labute approximate surface area is 89.3 Å². The average Bonchev–Trinajstić information content (AvgIpc) is 2.15. The van der Waals surface area contributed by atoms with E-state index in [1.807, 2.05) is 0 Å². The second-order valence-electron chi connectivity index (χ2n) is 3.64. The fourth-order valence-corrected chi connectivity index (χ4v) is 1.29. The van der Waals surface area contributed by atoms with Crippen molar-refractivity contribution in [2.24, 2.45) is 5.73 Å². The van der Waals surface area contributed by atoms with E-state index in [4.69, 9.17) is 15.9 Å². The number of carboxylic acids is 2. The van der Waals surface area contributed by atoms with Gasteiger partial charge in [-0.3, -0.25) is 9.59 Å². The van der Waals surface area contributed by atoms with Crippen LogP contribution in [0.5, 0.6) is 0 Å². The summed E-state index contributed by atoms with van der Waals surface area (Å²) >= 11 is 0. The highest BCUT2D eigenvalue weighted by molar-refractivity contribution is 5.72. The Bertz CT molecular complexity index is 206. The molecule has 5 nitrogen and oxygen atoms in total. The minimum absolute atomic E-state index is 0.217. The van der Waals surface area contributed by atoms with Gasteiger partial charge < -0.3 is 15.9 Å². The van der Waals surface area contributed by atoms with Gasteiger partial charge in [0.05, 0.1) is 0 Å². The van der Waals surface area contributed by atoms with Crippen LogP contribution in [-0.4, -0.2) is 28.2 Å². The van der Waals surface area contributed by atoms with E-state index in [2.05, 4.69) is 0 Å². The lowest BCUT2D eigenvalue weighted by molar-refractivity contribution is -0.139. The van der Waals surface area contributed by atoms with E-state index in [1.165, 1.54) is 0 Å². The van der Waals surface area contributed by atoms with Gasteiger partial charge in [0.15, 0.2) is 0 Å². The summed E-state index contributed by atoms with van der Waals surface area (Å²) in [5.41, 5.74) is 5.32. The first kappa shape index (κ1) is 13.9. The minimum atomic E-state index is -0.958. The van der Waals surface area contributed by atoms with Crippen LogP contribution in [0, 0.1) is 0 Å². The molecular formula is C10H19NO4. The number of unbranched alkanes of at least 4 members (excludes halogenated alkanes) is 4. The standard InChI is InChI=1S/C10H19NO4/c11-8(10(14)15)6-4-2-1-3-5-7-9(12)13/h8H,1-7,11H2,(H,12,13)(H,14,15)/t8-/m0/s1. The normalized spacial score (nSPS) is 12.3. The van der Waals surface area contributed by atoms with Crippen molar-refractivity contribution in [3.05, 3.63) is 0 Å². The summed E-state index contributed by atoms with van der Waals surface area (Å²) in [6, 6.07) is -0.760. The van der Waals surface area contributed by atoms with Gasteiger partial charge in [-0.05, 0) is 12.8 Å². The zero-order valence-corrected chi connectivity index (χ0v) is 8.82. The van der Waals surface area contributed by atoms with Crippen molar-refractivity contribution in [2.75, 3.05) is 0 Å². The van der Waals surface area contributed by atoms with Crippen molar-refractivity contribution >= 4 is 11.9 Å². The molecule has 0 bridgehead atoms. The van der Waals surface area contributed by atoms with Crippen LogP contribution in [0.4, 0.5) is 0 Å².